The Morgan fingerprint density at radius 2 is 1.94 bits per heavy atom. The van der Waals surface area contributed by atoms with Gasteiger partial charge in [-0.05, 0) is 54.9 Å². The van der Waals surface area contributed by atoms with Crippen LogP contribution in [0.2, 0.25) is 0 Å². The maximum Gasteiger partial charge on any atom is 0.219 e. The summed E-state index contributed by atoms with van der Waals surface area (Å²) in [7, 11) is 1.95. The molecule has 1 saturated carbocycles. The van der Waals surface area contributed by atoms with Gasteiger partial charge in [-0.1, -0.05) is 33.3 Å². The van der Waals surface area contributed by atoms with Crippen LogP contribution in [0.4, 0.5) is 11.5 Å². The highest BCUT2D eigenvalue weighted by Gasteiger charge is 2.35. The Bertz CT molecular complexity index is 1240. The van der Waals surface area contributed by atoms with Gasteiger partial charge in [-0.25, -0.2) is 0 Å². The van der Waals surface area contributed by atoms with Crippen LogP contribution in [0.15, 0.2) is 30.6 Å². The second kappa shape index (κ2) is 10.1. The van der Waals surface area contributed by atoms with Crippen LogP contribution < -0.4 is 4.90 Å². The van der Waals surface area contributed by atoms with Crippen LogP contribution in [0, 0.1) is 5.92 Å². The number of carbonyl (C=O) groups excluding carboxylic acids is 1. The van der Waals surface area contributed by atoms with Crippen LogP contribution in [-0.2, 0) is 31.2 Å². The standard InChI is InChI=1S/C27H34N6O.C2H6/c1-4-19-5-7-23(13-19)33-26-10-11-31(18(2)34)17-24(26)27(29-33)32-12-9-21-14-20(6-8-25(21)32)22-15-28-30(3)16-22;1-2/h6,8,14-16,19,23H,4-5,7,9-13,17H2,1-3H3;1-2H3. The van der Waals surface area contributed by atoms with Crippen LogP contribution in [0.3, 0.4) is 0 Å². The maximum absolute atomic E-state index is 12.2. The lowest BCUT2D eigenvalue weighted by molar-refractivity contribution is -0.129. The van der Waals surface area contributed by atoms with E-state index in [0.29, 0.717) is 12.6 Å². The van der Waals surface area contributed by atoms with E-state index in [4.69, 9.17) is 5.10 Å². The number of amides is 1. The zero-order valence-corrected chi connectivity index (χ0v) is 22.5. The minimum absolute atomic E-state index is 0.152. The summed E-state index contributed by atoms with van der Waals surface area (Å²) in [6.07, 6.45) is 10.9. The fourth-order valence-electron chi connectivity index (χ4n) is 6.23. The summed E-state index contributed by atoms with van der Waals surface area (Å²) in [5.74, 6) is 2.02. The number of aryl methyl sites for hydroxylation is 1. The van der Waals surface area contributed by atoms with Crippen molar-refractivity contribution in [2.45, 2.75) is 78.8 Å². The molecular weight excluding hydrogens is 448 g/mol. The van der Waals surface area contributed by atoms with E-state index in [0.717, 1.165) is 43.2 Å². The largest absolute Gasteiger partial charge is 0.338 e. The van der Waals surface area contributed by atoms with Gasteiger partial charge in [0.05, 0.1) is 18.8 Å². The van der Waals surface area contributed by atoms with Gasteiger partial charge in [-0.3, -0.25) is 14.2 Å². The van der Waals surface area contributed by atoms with E-state index < -0.39 is 0 Å². The molecule has 1 amide bonds. The minimum atomic E-state index is 0.152. The molecule has 1 fully saturated rings. The molecule has 1 aromatic carbocycles. The summed E-state index contributed by atoms with van der Waals surface area (Å²) in [5, 5.41) is 9.62. The Morgan fingerprint density at radius 3 is 2.64 bits per heavy atom. The van der Waals surface area contributed by atoms with Crippen molar-refractivity contribution in [2.75, 3.05) is 18.0 Å². The topological polar surface area (TPSA) is 59.2 Å². The number of benzene rings is 1. The first-order valence-corrected chi connectivity index (χ1v) is 13.8. The van der Waals surface area contributed by atoms with Crippen molar-refractivity contribution >= 4 is 17.4 Å². The molecule has 36 heavy (non-hydrogen) atoms. The number of nitrogens with zero attached hydrogens (tertiary/aromatic N) is 6. The quantitative estimate of drug-likeness (QED) is 0.475. The van der Waals surface area contributed by atoms with Crippen molar-refractivity contribution in [1.82, 2.24) is 24.5 Å². The van der Waals surface area contributed by atoms with Crippen LogP contribution in [-0.4, -0.2) is 43.5 Å². The van der Waals surface area contributed by atoms with E-state index in [1.807, 2.05) is 36.7 Å². The Balaban J connectivity index is 0.00000130. The number of fused-ring (bicyclic) bond motifs is 2. The number of rotatable bonds is 4. The third-order valence-electron chi connectivity index (χ3n) is 8.22. The molecule has 0 saturated heterocycles. The normalized spacial score (nSPS) is 20.7. The molecule has 2 aromatic heterocycles. The average molecular weight is 489 g/mol. The van der Waals surface area contributed by atoms with E-state index in [-0.39, 0.29) is 5.91 Å². The predicted octanol–water partition coefficient (Wildman–Crippen LogP) is 5.66. The van der Waals surface area contributed by atoms with Crippen molar-refractivity contribution in [3.8, 4) is 11.1 Å². The van der Waals surface area contributed by atoms with Crippen LogP contribution in [0.25, 0.3) is 11.1 Å². The molecule has 0 N–H and O–H groups in total. The Hall–Kier alpha value is -3.09. The van der Waals surface area contributed by atoms with Gasteiger partial charge in [-0.15, -0.1) is 0 Å². The second-order valence-electron chi connectivity index (χ2n) is 10.3. The van der Waals surface area contributed by atoms with Gasteiger partial charge in [0.1, 0.15) is 0 Å². The first-order valence-electron chi connectivity index (χ1n) is 13.8. The molecular formula is C29H40N6O. The lowest BCUT2D eigenvalue weighted by atomic mass is 10.0. The van der Waals surface area contributed by atoms with Crippen LogP contribution in [0.1, 0.15) is 76.2 Å². The molecule has 192 valence electrons. The molecule has 3 aliphatic rings. The molecule has 2 atom stereocenters. The van der Waals surface area contributed by atoms with Crippen molar-refractivity contribution < 1.29 is 4.79 Å². The second-order valence-corrected chi connectivity index (χ2v) is 10.3. The Morgan fingerprint density at radius 1 is 1.11 bits per heavy atom. The molecule has 2 unspecified atom stereocenters. The fraction of sp³-hybridized carbons (Fsp3) is 0.552. The molecule has 0 radical (unpaired) electrons. The van der Waals surface area contributed by atoms with Crippen LogP contribution >= 0.6 is 0 Å². The zero-order valence-electron chi connectivity index (χ0n) is 22.5. The van der Waals surface area contributed by atoms with Gasteiger partial charge in [-0.2, -0.15) is 10.2 Å². The minimum Gasteiger partial charge on any atom is -0.338 e. The molecule has 2 aliphatic heterocycles. The van der Waals surface area contributed by atoms with E-state index in [1.165, 1.54) is 53.8 Å². The highest BCUT2D eigenvalue weighted by molar-refractivity contribution is 5.77. The predicted molar refractivity (Wildman–Crippen MR) is 144 cm³/mol. The smallest absolute Gasteiger partial charge is 0.219 e. The van der Waals surface area contributed by atoms with Gasteiger partial charge in [0.25, 0.3) is 0 Å². The molecule has 0 bridgehead atoms. The molecule has 6 rings (SSSR count). The molecule has 3 aromatic rings. The van der Waals surface area contributed by atoms with Crippen molar-refractivity contribution in [3.05, 3.63) is 47.4 Å². The van der Waals surface area contributed by atoms with Gasteiger partial charge in [0.15, 0.2) is 5.82 Å². The first-order chi connectivity index (χ1) is 17.5. The van der Waals surface area contributed by atoms with Crippen molar-refractivity contribution in [1.29, 1.82) is 0 Å². The molecule has 1 aliphatic carbocycles. The van der Waals surface area contributed by atoms with Gasteiger partial charge < -0.3 is 9.80 Å². The third kappa shape index (κ3) is 4.33. The summed E-state index contributed by atoms with van der Waals surface area (Å²) in [6.45, 7) is 10.4. The third-order valence-corrected chi connectivity index (χ3v) is 8.22. The first kappa shape index (κ1) is 24.6. The molecule has 4 heterocycles. The average Bonchev–Trinajstić information content (AvgIpc) is 3.69. The summed E-state index contributed by atoms with van der Waals surface area (Å²) in [6, 6.07) is 7.24. The summed E-state index contributed by atoms with van der Waals surface area (Å²) in [4.78, 5) is 16.6. The highest BCUT2D eigenvalue weighted by atomic mass is 16.2. The van der Waals surface area contributed by atoms with E-state index in [1.54, 1.807) is 6.92 Å². The number of anilines is 2. The molecule has 0 spiro atoms. The van der Waals surface area contributed by atoms with Gasteiger partial charge in [0, 0.05) is 62.2 Å². The monoisotopic (exact) mass is 488 g/mol. The number of hydrogen-bond donors (Lipinski definition) is 0. The molecule has 7 nitrogen and oxygen atoms in total. The van der Waals surface area contributed by atoms with Crippen molar-refractivity contribution in [2.24, 2.45) is 13.0 Å². The lowest BCUT2D eigenvalue weighted by Gasteiger charge is -2.28. The molecule has 7 heteroatoms. The maximum atomic E-state index is 12.2. The fourth-order valence-corrected chi connectivity index (χ4v) is 6.23. The number of aromatic nitrogens is 4. The van der Waals surface area contributed by atoms with Gasteiger partial charge >= 0.3 is 0 Å². The summed E-state index contributed by atoms with van der Waals surface area (Å²) < 4.78 is 4.21. The van der Waals surface area contributed by atoms with Gasteiger partial charge in [0.2, 0.25) is 5.91 Å². The van der Waals surface area contributed by atoms with Crippen LogP contribution in [0.5, 0.6) is 0 Å². The van der Waals surface area contributed by atoms with E-state index >= 15 is 0 Å². The number of hydrogen-bond acceptors (Lipinski definition) is 4. The SMILES string of the molecule is CC.CCC1CCC(n2nc(N3CCc4cc(-c5cnn(C)c5)ccc43)c3c2CCN(C(C)=O)C3)C1. The van der Waals surface area contributed by atoms with Crippen molar-refractivity contribution in [3.63, 3.8) is 0 Å². The lowest BCUT2D eigenvalue weighted by Crippen LogP contribution is -2.35. The number of carbonyl (C=O) groups is 1. The van der Waals surface area contributed by atoms with E-state index in [2.05, 4.69) is 46.0 Å². The Labute approximate surface area is 215 Å². The highest BCUT2D eigenvalue weighted by Crippen LogP contribution is 2.43. The summed E-state index contributed by atoms with van der Waals surface area (Å²) >= 11 is 0. The Kier molecular flexibility index (Phi) is 6.91. The zero-order chi connectivity index (χ0) is 25.4. The summed E-state index contributed by atoms with van der Waals surface area (Å²) in [5.41, 5.74) is 7.57. The van der Waals surface area contributed by atoms with E-state index in [9.17, 15) is 4.79 Å².